The predicted molar refractivity (Wildman–Crippen MR) is 313 cm³/mol. The zero-order valence-corrected chi connectivity index (χ0v) is 45.5. The molecule has 4 spiro atoms. The molecule has 2 bridgehead atoms. The molecule has 0 amide bonds. The summed E-state index contributed by atoms with van der Waals surface area (Å²) in [5.74, 6) is 11.9. The molecule has 0 aromatic heterocycles. The van der Waals surface area contributed by atoms with Gasteiger partial charge in [0.25, 0.3) is 0 Å². The molecule has 23 unspecified atom stereocenters. The third kappa shape index (κ3) is 2.11. The fraction of sp³-hybridized carbons (Fsp3) is 0.423. The summed E-state index contributed by atoms with van der Waals surface area (Å²) < 4.78 is 11.8. The van der Waals surface area contributed by atoms with Crippen LogP contribution in [0.3, 0.4) is 0 Å². The molecular formula is C78H45NO3. The number of rotatable bonds is 5. The van der Waals surface area contributed by atoms with Crippen LogP contribution in [0.15, 0.2) is 24.3 Å². The highest BCUT2D eigenvalue weighted by molar-refractivity contribution is 6.50. The minimum absolute atomic E-state index is 0.00933. The van der Waals surface area contributed by atoms with Crippen molar-refractivity contribution < 1.29 is 14.3 Å². The third-order valence-corrected chi connectivity index (χ3v) is 34.0. The molecule has 3 saturated carbocycles. The van der Waals surface area contributed by atoms with Crippen molar-refractivity contribution in [2.24, 2.45) is 23.2 Å². The first kappa shape index (κ1) is 35.5. The monoisotopic (exact) mass is 1040 g/mol. The largest absolute Gasteiger partial charge is 0.514 e. The van der Waals surface area contributed by atoms with E-state index in [2.05, 4.69) is 52.8 Å². The van der Waals surface area contributed by atoms with Gasteiger partial charge in [0.15, 0.2) is 0 Å². The molecule has 1 saturated heterocycles. The molecule has 380 valence electrons. The molecule has 22 aliphatic carbocycles. The molecule has 12 aromatic carbocycles. The number of benzene rings is 8. The van der Waals surface area contributed by atoms with Gasteiger partial charge in [0.05, 0.1) is 0 Å². The van der Waals surface area contributed by atoms with Crippen LogP contribution in [-0.2, 0) is 21.0 Å². The van der Waals surface area contributed by atoms with Gasteiger partial charge in [-0.3, -0.25) is 0 Å². The molecule has 1 heterocycles. The molecule has 23 atom stereocenters. The average molecular weight is 1040 g/mol. The normalized spacial score (nSPS) is 46.4. The van der Waals surface area contributed by atoms with E-state index in [1.807, 2.05) is 212 Å². The van der Waals surface area contributed by atoms with Crippen molar-refractivity contribution in [1.82, 2.24) is 0 Å². The Morgan fingerprint density at radius 1 is 0.500 bits per heavy atom. The summed E-state index contributed by atoms with van der Waals surface area (Å²) >= 11 is 0. The fourth-order valence-electron chi connectivity index (χ4n) is 35.7. The standard InChI is InChI=1S/C78H45NO3/c1-5-6-7-16-78-71-63-52-44-32-26-19-17-18-21-24-20(17)27-31(26)43-47-38(27)40-34(24)39-37-30(21)33-29-23(18)25-22(19)28(32)41-42-35(25)36(29)53-54-45(33)46(37)58-61-50(39)51(40)62-59(47)67(60(63)48(43)44)77(78,13-79(16)14-8-10-15(11-9-14)81-73(80)82-74(2,3)4)70(62)68(61)75-12-76(72(75)78)65(64(54)66(58)75)56(53)55(42)57(49(41)52)69(71)76/h8-11,16-17,19-20,22,25,27,35-36,38,47,53,56,59,62,65,68,70,72H,5-7,12-13H2,1-4H3. The second-order valence-electron chi connectivity index (χ2n) is 34.6. The van der Waals surface area contributed by atoms with E-state index in [4.69, 9.17) is 9.47 Å². The van der Waals surface area contributed by atoms with Crippen molar-refractivity contribution in [1.29, 1.82) is 0 Å². The van der Waals surface area contributed by atoms with Crippen molar-refractivity contribution in [3.05, 3.63) is 130 Å². The topological polar surface area (TPSA) is 38.8 Å². The van der Waals surface area contributed by atoms with Crippen LogP contribution in [0.1, 0.15) is 242 Å². The first-order valence-corrected chi connectivity index (χ1v) is 33.3. The Kier molecular flexibility index (Phi) is 3.66. The second kappa shape index (κ2) is 8.47. The summed E-state index contributed by atoms with van der Waals surface area (Å²) in [5, 5.41) is 36.2. The highest BCUT2D eigenvalue weighted by Crippen LogP contribution is 3.04. The SMILES string of the molecule is CCCCC1N(c2ccc(OC(=O)OC(C)(C)C)cc2)CC23C4=c5c6c7c8c9c%10c%11c%12c%13c%14c%15c%16c(c5c(c%15%12)c%106)C12C1C%162CC15c1c6c%10c%12c%15c%16c%17c%18c%19c%20c%21c%22c%23c%24c(c1c%12c(c%21%24)c%19%15)C5C3C%23C4C7C%22C8C%20C%18C9C%11C%17C%13C%16C%10C%14C62. The molecule has 4 heteroatoms. The Balaban J connectivity index is 0.872. The lowest BCUT2D eigenvalue weighted by molar-refractivity contribution is -0.171. The lowest BCUT2D eigenvalue weighted by Crippen LogP contribution is -2.79. The quantitative estimate of drug-likeness (QED) is 0.0978. The number of ether oxygens (including phenoxy) is 2. The van der Waals surface area contributed by atoms with Gasteiger partial charge in [0.2, 0.25) is 0 Å². The van der Waals surface area contributed by atoms with E-state index in [1.54, 1.807) is 0 Å². The van der Waals surface area contributed by atoms with Crippen LogP contribution in [0.4, 0.5) is 10.5 Å². The zero-order chi connectivity index (χ0) is 50.5. The Bertz CT molecular complexity index is 6120. The van der Waals surface area contributed by atoms with Gasteiger partial charge in [-0.15, -0.1) is 0 Å². The van der Waals surface area contributed by atoms with Crippen LogP contribution in [0.2, 0.25) is 0 Å². The van der Waals surface area contributed by atoms with E-state index in [9.17, 15) is 4.79 Å². The molecule has 82 heavy (non-hydrogen) atoms. The molecule has 0 radical (unpaired) electrons. The number of carbonyl (C=O) groups excluding carboxylic acids is 1. The summed E-state index contributed by atoms with van der Waals surface area (Å²) in [5.41, 5.74) is 39.5. The molecular weight excluding hydrogens is 999 g/mol. The lowest BCUT2D eigenvalue weighted by atomic mass is 9.23. The minimum atomic E-state index is -0.615. The van der Waals surface area contributed by atoms with E-state index in [0.29, 0.717) is 118 Å². The minimum Gasteiger partial charge on any atom is -0.428 e. The molecule has 0 N–H and O–H groups in total. The Morgan fingerprint density at radius 2 is 1.01 bits per heavy atom. The van der Waals surface area contributed by atoms with Crippen LogP contribution in [0.5, 0.6) is 5.75 Å². The molecule has 35 rings (SSSR count). The predicted octanol–water partition coefficient (Wildman–Crippen LogP) is 15.7. The van der Waals surface area contributed by atoms with E-state index in [1.165, 1.54) is 31.4 Å². The van der Waals surface area contributed by atoms with Crippen molar-refractivity contribution in [3.63, 3.8) is 0 Å². The smallest absolute Gasteiger partial charge is 0.428 e. The van der Waals surface area contributed by atoms with Crippen LogP contribution in [-0.4, -0.2) is 24.3 Å². The van der Waals surface area contributed by atoms with Crippen LogP contribution < -0.4 is 14.9 Å². The van der Waals surface area contributed by atoms with Crippen LogP contribution >= 0.6 is 0 Å². The van der Waals surface area contributed by atoms with E-state index >= 15 is 0 Å². The van der Waals surface area contributed by atoms with Gasteiger partial charge in [-0.2, -0.15) is 0 Å². The third-order valence-electron chi connectivity index (χ3n) is 34.0. The van der Waals surface area contributed by atoms with Crippen molar-refractivity contribution in [2.75, 3.05) is 11.4 Å². The number of unbranched alkanes of at least 4 members (excludes halogenated alkanes) is 1. The Labute approximate surface area is 466 Å². The summed E-state index contributed by atoms with van der Waals surface area (Å²) in [6.45, 7) is 9.45. The first-order chi connectivity index (χ1) is 40.3. The maximum absolute atomic E-state index is 13.3. The summed E-state index contributed by atoms with van der Waals surface area (Å²) in [7, 11) is 0. The zero-order valence-electron chi connectivity index (χ0n) is 45.5. The van der Waals surface area contributed by atoms with Gasteiger partial charge in [0.1, 0.15) is 11.4 Å². The molecule has 4 fully saturated rings. The number of anilines is 1. The Hall–Kier alpha value is -6.65. The number of hydrogen-bond acceptors (Lipinski definition) is 4. The fourth-order valence-corrected chi connectivity index (χ4v) is 35.7. The number of carbonyl (C=O) groups is 1. The van der Waals surface area contributed by atoms with Gasteiger partial charge >= 0.3 is 6.16 Å². The van der Waals surface area contributed by atoms with Gasteiger partial charge in [-0.05, 0) is 349 Å². The second-order valence-corrected chi connectivity index (χ2v) is 34.6. The first-order valence-electron chi connectivity index (χ1n) is 33.3. The van der Waals surface area contributed by atoms with Crippen molar-refractivity contribution in [2.45, 2.75) is 170 Å². The van der Waals surface area contributed by atoms with Crippen molar-refractivity contribution >= 4 is 114 Å². The summed E-state index contributed by atoms with van der Waals surface area (Å²) in [6, 6.07) is 9.50. The maximum atomic E-state index is 13.3. The molecule has 12 aromatic rings. The number of nitrogens with zero attached hydrogens (tertiary/aromatic N) is 1. The lowest BCUT2D eigenvalue weighted by Gasteiger charge is -2.79. The van der Waals surface area contributed by atoms with Gasteiger partial charge in [0, 0.05) is 63.6 Å². The van der Waals surface area contributed by atoms with Crippen molar-refractivity contribution in [3.8, 4) is 5.75 Å². The van der Waals surface area contributed by atoms with E-state index < -0.39 is 11.8 Å². The summed E-state index contributed by atoms with van der Waals surface area (Å²) in [4.78, 5) is 16.5. The molecule has 1 aliphatic heterocycles. The number of hydrogen-bond donors (Lipinski definition) is 0. The van der Waals surface area contributed by atoms with Gasteiger partial charge < -0.3 is 14.4 Å². The van der Waals surface area contributed by atoms with Gasteiger partial charge in [-0.25, -0.2) is 4.79 Å². The highest BCUT2D eigenvalue weighted by atomic mass is 16.7. The Morgan fingerprint density at radius 3 is 1.73 bits per heavy atom. The maximum Gasteiger partial charge on any atom is 0.514 e. The summed E-state index contributed by atoms with van der Waals surface area (Å²) in [6.07, 6.45) is 4.60. The van der Waals surface area contributed by atoms with E-state index in [-0.39, 0.29) is 21.7 Å². The van der Waals surface area contributed by atoms with Crippen LogP contribution in [0.25, 0.3) is 103 Å². The van der Waals surface area contributed by atoms with Gasteiger partial charge in [-0.1, -0.05) is 19.8 Å². The van der Waals surface area contributed by atoms with E-state index in [0.717, 1.165) is 6.54 Å². The highest BCUT2D eigenvalue weighted by Gasteiger charge is 2.98. The van der Waals surface area contributed by atoms with Crippen LogP contribution in [0, 0.1) is 23.2 Å². The molecule has 23 aliphatic rings. The average Bonchev–Trinajstić information content (AvgIpc) is 1.36. The molecule has 4 nitrogen and oxygen atoms in total.